The van der Waals surface area contributed by atoms with Crippen molar-refractivity contribution in [1.29, 1.82) is 0 Å². The van der Waals surface area contributed by atoms with E-state index in [2.05, 4.69) is 41.2 Å². The number of hydrogen-bond donors (Lipinski definition) is 1. The molecule has 1 aliphatic rings. The Kier molecular flexibility index (Phi) is 3.33. The van der Waals surface area contributed by atoms with Crippen LogP contribution in [-0.2, 0) is 24.9 Å². The quantitative estimate of drug-likeness (QED) is 0.922. The van der Waals surface area contributed by atoms with E-state index >= 15 is 0 Å². The summed E-state index contributed by atoms with van der Waals surface area (Å²) in [5.41, 5.74) is 0.00567. The van der Waals surface area contributed by atoms with E-state index in [-0.39, 0.29) is 5.41 Å². The van der Waals surface area contributed by atoms with Crippen molar-refractivity contribution in [3.05, 3.63) is 30.0 Å². The standard InChI is InChI=1S/C14H21N5O/c1-14(2,3)11-6-16-13(20-11)7-15-10-4-5-12-17-9-18-19(12)8-10/h6,9-10,15H,4-5,7-8H2,1-3H3/t10-/m1/s1. The van der Waals surface area contributed by atoms with E-state index in [0.717, 1.165) is 36.9 Å². The first kappa shape index (κ1) is 13.3. The van der Waals surface area contributed by atoms with Gasteiger partial charge in [-0.1, -0.05) is 20.8 Å². The summed E-state index contributed by atoms with van der Waals surface area (Å²) in [5.74, 6) is 2.75. The highest BCUT2D eigenvalue weighted by Gasteiger charge is 2.21. The molecule has 0 spiro atoms. The summed E-state index contributed by atoms with van der Waals surface area (Å²) in [6.45, 7) is 7.89. The first-order valence-corrected chi connectivity index (χ1v) is 7.07. The molecule has 0 bridgehead atoms. The van der Waals surface area contributed by atoms with Gasteiger partial charge in [-0.2, -0.15) is 5.10 Å². The highest BCUT2D eigenvalue weighted by Crippen LogP contribution is 2.22. The minimum absolute atomic E-state index is 0.00567. The van der Waals surface area contributed by atoms with Gasteiger partial charge in [-0.3, -0.25) is 0 Å². The van der Waals surface area contributed by atoms with E-state index in [9.17, 15) is 0 Å². The largest absolute Gasteiger partial charge is 0.444 e. The molecule has 0 unspecified atom stereocenters. The number of nitrogens with one attached hydrogen (secondary N) is 1. The van der Waals surface area contributed by atoms with Gasteiger partial charge in [0.25, 0.3) is 0 Å². The molecule has 1 N–H and O–H groups in total. The molecule has 2 aromatic rings. The molecule has 0 amide bonds. The Labute approximate surface area is 118 Å². The van der Waals surface area contributed by atoms with Crippen molar-refractivity contribution in [3.8, 4) is 0 Å². The topological polar surface area (TPSA) is 68.8 Å². The van der Waals surface area contributed by atoms with E-state index in [1.165, 1.54) is 0 Å². The van der Waals surface area contributed by atoms with Crippen LogP contribution in [0.2, 0.25) is 0 Å². The monoisotopic (exact) mass is 275 g/mol. The van der Waals surface area contributed by atoms with Crippen molar-refractivity contribution in [1.82, 2.24) is 25.1 Å². The molecular formula is C14H21N5O. The molecule has 6 nitrogen and oxygen atoms in total. The fourth-order valence-electron chi connectivity index (χ4n) is 2.37. The minimum Gasteiger partial charge on any atom is -0.444 e. The van der Waals surface area contributed by atoms with Crippen LogP contribution in [0, 0.1) is 0 Å². The second-order valence-corrected chi connectivity index (χ2v) is 6.34. The van der Waals surface area contributed by atoms with E-state index in [0.29, 0.717) is 12.6 Å². The normalized spacial score (nSPS) is 19.1. The lowest BCUT2D eigenvalue weighted by molar-refractivity contribution is 0.327. The van der Waals surface area contributed by atoms with Gasteiger partial charge in [0.15, 0.2) is 0 Å². The van der Waals surface area contributed by atoms with Crippen LogP contribution in [0.5, 0.6) is 0 Å². The second-order valence-electron chi connectivity index (χ2n) is 6.34. The Bertz CT molecular complexity index is 580. The van der Waals surface area contributed by atoms with Crippen LogP contribution in [0.1, 0.15) is 44.7 Å². The molecule has 2 aromatic heterocycles. The zero-order valence-electron chi connectivity index (χ0n) is 12.3. The molecule has 1 aliphatic heterocycles. The van der Waals surface area contributed by atoms with Gasteiger partial charge in [0.2, 0.25) is 5.89 Å². The van der Waals surface area contributed by atoms with Gasteiger partial charge in [-0.05, 0) is 6.42 Å². The molecule has 0 aromatic carbocycles. The molecule has 0 saturated carbocycles. The highest BCUT2D eigenvalue weighted by molar-refractivity contribution is 5.06. The number of hydrogen-bond acceptors (Lipinski definition) is 5. The maximum absolute atomic E-state index is 5.79. The highest BCUT2D eigenvalue weighted by atomic mass is 16.4. The van der Waals surface area contributed by atoms with Gasteiger partial charge in [0, 0.05) is 17.9 Å². The summed E-state index contributed by atoms with van der Waals surface area (Å²) >= 11 is 0. The van der Waals surface area contributed by atoms with Gasteiger partial charge < -0.3 is 9.73 Å². The predicted octanol–water partition coefficient (Wildman–Crippen LogP) is 1.67. The van der Waals surface area contributed by atoms with Crippen molar-refractivity contribution >= 4 is 0 Å². The summed E-state index contributed by atoms with van der Waals surface area (Å²) in [5, 5.41) is 7.71. The van der Waals surface area contributed by atoms with Gasteiger partial charge in [0.1, 0.15) is 17.9 Å². The smallest absolute Gasteiger partial charge is 0.208 e. The maximum atomic E-state index is 5.79. The van der Waals surface area contributed by atoms with Crippen molar-refractivity contribution in [2.75, 3.05) is 0 Å². The SMILES string of the molecule is CC(C)(C)c1cnc(CN[C@@H]2CCc3ncnn3C2)o1. The number of aryl methyl sites for hydroxylation is 1. The van der Waals surface area contributed by atoms with Gasteiger partial charge >= 0.3 is 0 Å². The number of oxazole rings is 1. The van der Waals surface area contributed by atoms with E-state index < -0.39 is 0 Å². The molecule has 0 aliphatic carbocycles. The van der Waals surface area contributed by atoms with Crippen LogP contribution >= 0.6 is 0 Å². The molecule has 108 valence electrons. The summed E-state index contributed by atoms with van der Waals surface area (Å²) in [6, 6.07) is 0.397. The van der Waals surface area contributed by atoms with Crippen LogP contribution in [-0.4, -0.2) is 25.8 Å². The third kappa shape index (κ3) is 2.75. The minimum atomic E-state index is 0.00567. The maximum Gasteiger partial charge on any atom is 0.208 e. The Balaban J connectivity index is 1.57. The molecule has 20 heavy (non-hydrogen) atoms. The average Bonchev–Trinajstić information content (AvgIpc) is 3.04. The molecule has 6 heteroatoms. The summed E-state index contributed by atoms with van der Waals surface area (Å²) < 4.78 is 7.75. The van der Waals surface area contributed by atoms with Crippen molar-refractivity contribution in [2.24, 2.45) is 0 Å². The second kappa shape index (κ2) is 5.01. The van der Waals surface area contributed by atoms with Crippen molar-refractivity contribution in [2.45, 2.75) is 58.2 Å². The summed E-state index contributed by atoms with van der Waals surface area (Å²) in [4.78, 5) is 8.57. The molecule has 1 atom stereocenters. The lowest BCUT2D eigenvalue weighted by Crippen LogP contribution is -2.37. The Morgan fingerprint density at radius 2 is 2.25 bits per heavy atom. The van der Waals surface area contributed by atoms with Gasteiger partial charge in [-0.25, -0.2) is 14.6 Å². The average molecular weight is 275 g/mol. The number of nitrogens with zero attached hydrogens (tertiary/aromatic N) is 4. The zero-order valence-corrected chi connectivity index (χ0v) is 12.3. The molecule has 0 radical (unpaired) electrons. The fraction of sp³-hybridized carbons (Fsp3) is 0.643. The number of fused-ring (bicyclic) bond motifs is 1. The van der Waals surface area contributed by atoms with Gasteiger partial charge in [0.05, 0.1) is 19.3 Å². The lowest BCUT2D eigenvalue weighted by Gasteiger charge is -2.23. The van der Waals surface area contributed by atoms with E-state index in [1.54, 1.807) is 6.33 Å². The molecule has 0 saturated heterocycles. The molecular weight excluding hydrogens is 254 g/mol. The Morgan fingerprint density at radius 3 is 3.00 bits per heavy atom. The van der Waals surface area contributed by atoms with Crippen LogP contribution < -0.4 is 5.32 Å². The summed E-state index contributed by atoms with van der Waals surface area (Å²) in [6.07, 6.45) is 5.50. The Hall–Kier alpha value is -1.69. The molecule has 3 rings (SSSR count). The molecule has 0 fully saturated rings. The number of aromatic nitrogens is 4. The molecule has 3 heterocycles. The zero-order chi connectivity index (χ0) is 14.2. The van der Waals surface area contributed by atoms with Crippen molar-refractivity contribution < 1.29 is 4.42 Å². The first-order chi connectivity index (χ1) is 9.52. The van der Waals surface area contributed by atoms with E-state index in [1.807, 2.05) is 10.9 Å². The van der Waals surface area contributed by atoms with Crippen LogP contribution in [0.3, 0.4) is 0 Å². The Morgan fingerprint density at radius 1 is 1.40 bits per heavy atom. The van der Waals surface area contributed by atoms with Crippen LogP contribution in [0.4, 0.5) is 0 Å². The lowest BCUT2D eigenvalue weighted by atomic mass is 9.94. The fourth-order valence-corrected chi connectivity index (χ4v) is 2.37. The van der Waals surface area contributed by atoms with Gasteiger partial charge in [-0.15, -0.1) is 0 Å². The van der Waals surface area contributed by atoms with Crippen molar-refractivity contribution in [3.63, 3.8) is 0 Å². The third-order valence-electron chi connectivity index (χ3n) is 3.64. The predicted molar refractivity (Wildman–Crippen MR) is 74.2 cm³/mol. The summed E-state index contributed by atoms with van der Waals surface area (Å²) in [7, 11) is 0. The number of rotatable bonds is 3. The van der Waals surface area contributed by atoms with Crippen LogP contribution in [0.15, 0.2) is 16.9 Å². The van der Waals surface area contributed by atoms with E-state index in [4.69, 9.17) is 4.42 Å². The van der Waals surface area contributed by atoms with Crippen LogP contribution in [0.25, 0.3) is 0 Å². The first-order valence-electron chi connectivity index (χ1n) is 7.07. The third-order valence-corrected chi connectivity index (χ3v) is 3.64.